The highest BCUT2D eigenvalue weighted by Crippen LogP contribution is 2.13. The topological polar surface area (TPSA) is 81.7 Å². The van der Waals surface area contributed by atoms with E-state index in [0.717, 1.165) is 0 Å². The average Bonchev–Trinajstić information content (AvgIpc) is 2.38. The van der Waals surface area contributed by atoms with Crippen LogP contribution < -0.4 is 4.72 Å². The summed E-state index contributed by atoms with van der Waals surface area (Å²) >= 11 is 0. The smallest absolute Gasteiger partial charge is 0.234 e. The number of hydrogen-bond acceptors (Lipinski definition) is 5. The Morgan fingerprint density at radius 3 is 2.65 bits per heavy atom. The Hall–Kier alpha value is -1.44. The van der Waals surface area contributed by atoms with Crippen molar-refractivity contribution in [3.63, 3.8) is 0 Å². The largest absolute Gasteiger partial charge is 0.382 e. The van der Waals surface area contributed by atoms with Gasteiger partial charge in [-0.25, -0.2) is 8.42 Å². The molecule has 1 N–H and O–H groups in total. The number of carbonyl (C=O) groups excluding carboxylic acids is 1. The second kappa shape index (κ2) is 7.98. The summed E-state index contributed by atoms with van der Waals surface area (Å²) in [6.45, 7) is 2.29. The number of carbonyl (C=O) groups is 1. The first-order chi connectivity index (χ1) is 9.44. The van der Waals surface area contributed by atoms with Crippen LogP contribution in [-0.2, 0) is 19.5 Å². The average molecular weight is 301 g/mol. The summed E-state index contributed by atoms with van der Waals surface area (Å²) < 4.78 is 35.9. The fourth-order valence-corrected chi connectivity index (χ4v) is 2.37. The van der Waals surface area contributed by atoms with Crippen LogP contribution in [0.3, 0.4) is 0 Å². The number of ether oxygens (including phenoxy) is 2. The van der Waals surface area contributed by atoms with Crippen molar-refractivity contribution in [2.75, 3.05) is 37.4 Å². The molecule has 0 aliphatic rings. The van der Waals surface area contributed by atoms with Gasteiger partial charge in [-0.15, -0.1) is 0 Å². The third kappa shape index (κ3) is 6.14. The van der Waals surface area contributed by atoms with Crippen LogP contribution in [0, 0.1) is 0 Å². The molecule has 7 heteroatoms. The molecule has 6 nitrogen and oxygen atoms in total. The maximum absolute atomic E-state index is 11.8. The van der Waals surface area contributed by atoms with Gasteiger partial charge in [-0.1, -0.05) is 12.1 Å². The van der Waals surface area contributed by atoms with Crippen molar-refractivity contribution in [2.45, 2.75) is 6.92 Å². The molecular weight excluding hydrogens is 282 g/mol. The maximum atomic E-state index is 11.8. The van der Waals surface area contributed by atoms with E-state index in [9.17, 15) is 13.2 Å². The lowest BCUT2D eigenvalue weighted by atomic mass is 10.1. The molecule has 0 spiro atoms. The Morgan fingerprint density at radius 1 is 1.25 bits per heavy atom. The lowest BCUT2D eigenvalue weighted by Crippen LogP contribution is -2.21. The molecule has 0 aliphatic heterocycles. The highest BCUT2D eigenvalue weighted by molar-refractivity contribution is 7.92. The lowest BCUT2D eigenvalue weighted by molar-refractivity contribution is 0.0785. The van der Waals surface area contributed by atoms with Gasteiger partial charge in [-0.05, 0) is 19.1 Å². The molecule has 0 atom stereocenters. The van der Waals surface area contributed by atoms with Gasteiger partial charge in [0.15, 0.2) is 5.78 Å². The number of benzene rings is 1. The quantitative estimate of drug-likeness (QED) is 0.549. The molecule has 0 amide bonds. The molecule has 0 saturated carbocycles. The molecule has 0 saturated heterocycles. The molecule has 0 radical (unpaired) electrons. The molecule has 0 aliphatic carbocycles. The van der Waals surface area contributed by atoms with Crippen LogP contribution in [-0.4, -0.2) is 46.9 Å². The number of sulfonamides is 1. The van der Waals surface area contributed by atoms with Gasteiger partial charge in [-0.3, -0.25) is 9.52 Å². The zero-order valence-electron chi connectivity index (χ0n) is 11.6. The van der Waals surface area contributed by atoms with Crippen LogP contribution in [0.5, 0.6) is 0 Å². The number of Topliss-reactive ketones (excluding diaryl/α,β-unsaturated/α-hetero) is 1. The van der Waals surface area contributed by atoms with Gasteiger partial charge in [0.2, 0.25) is 10.0 Å². The van der Waals surface area contributed by atoms with Crippen LogP contribution in [0.4, 0.5) is 5.69 Å². The first-order valence-electron chi connectivity index (χ1n) is 6.13. The predicted octanol–water partition coefficient (Wildman–Crippen LogP) is 1.29. The van der Waals surface area contributed by atoms with Crippen molar-refractivity contribution in [3.8, 4) is 0 Å². The van der Waals surface area contributed by atoms with Gasteiger partial charge in [0.1, 0.15) is 0 Å². The highest BCUT2D eigenvalue weighted by Gasteiger charge is 2.11. The number of hydrogen-bond donors (Lipinski definition) is 1. The van der Waals surface area contributed by atoms with Crippen molar-refractivity contribution in [1.29, 1.82) is 0 Å². The Balaban J connectivity index is 2.53. The fourth-order valence-electron chi connectivity index (χ4n) is 1.45. The van der Waals surface area contributed by atoms with Gasteiger partial charge in [0, 0.05) is 18.4 Å². The minimum Gasteiger partial charge on any atom is -0.382 e. The van der Waals surface area contributed by atoms with Crippen molar-refractivity contribution in [2.24, 2.45) is 0 Å². The second-order valence-corrected chi connectivity index (χ2v) is 6.00. The zero-order chi connectivity index (χ0) is 15.0. The van der Waals surface area contributed by atoms with E-state index in [1.165, 1.54) is 13.0 Å². The first-order valence-corrected chi connectivity index (χ1v) is 7.78. The van der Waals surface area contributed by atoms with E-state index >= 15 is 0 Å². The minimum absolute atomic E-state index is 0.0884. The molecule has 0 heterocycles. The third-order valence-electron chi connectivity index (χ3n) is 2.47. The lowest BCUT2D eigenvalue weighted by Gasteiger charge is -2.09. The molecule has 112 valence electrons. The van der Waals surface area contributed by atoms with Crippen LogP contribution in [0.1, 0.15) is 17.3 Å². The Bertz CT molecular complexity index is 541. The molecular formula is C13H19NO5S. The standard InChI is InChI=1S/C13H19NO5S/c1-11(15)12-4-3-5-13(10-12)14-20(16,17)9-8-19-7-6-18-2/h3-5,10,14H,6-9H2,1-2H3. The van der Waals surface area contributed by atoms with Crippen molar-refractivity contribution in [3.05, 3.63) is 29.8 Å². The molecule has 1 aromatic carbocycles. The first kappa shape index (κ1) is 16.6. The SMILES string of the molecule is COCCOCCS(=O)(=O)Nc1cccc(C(C)=O)c1. The fraction of sp³-hybridized carbons (Fsp3) is 0.462. The number of ketones is 1. The van der Waals surface area contributed by atoms with Gasteiger partial charge < -0.3 is 9.47 Å². The van der Waals surface area contributed by atoms with Crippen molar-refractivity contribution < 1.29 is 22.7 Å². The summed E-state index contributed by atoms with van der Waals surface area (Å²) in [7, 11) is -1.95. The van der Waals surface area contributed by atoms with E-state index in [1.807, 2.05) is 0 Å². The maximum Gasteiger partial charge on any atom is 0.234 e. The van der Waals surface area contributed by atoms with Crippen LogP contribution in [0.15, 0.2) is 24.3 Å². The summed E-state index contributed by atoms with van der Waals surface area (Å²) in [5, 5.41) is 0. The molecule has 1 rings (SSSR count). The number of nitrogens with one attached hydrogen (secondary N) is 1. The van der Waals surface area contributed by atoms with E-state index < -0.39 is 10.0 Å². The summed E-state index contributed by atoms with van der Waals surface area (Å²) in [6, 6.07) is 6.36. The van der Waals surface area contributed by atoms with E-state index in [2.05, 4.69) is 4.72 Å². The predicted molar refractivity (Wildman–Crippen MR) is 76.6 cm³/mol. The molecule has 1 aromatic rings. The Morgan fingerprint density at radius 2 is 2.00 bits per heavy atom. The molecule has 0 unspecified atom stereocenters. The summed E-state index contributed by atoms with van der Waals surface area (Å²) in [5.41, 5.74) is 0.830. The summed E-state index contributed by atoms with van der Waals surface area (Å²) in [6.07, 6.45) is 0. The number of anilines is 1. The Labute approximate surface area is 119 Å². The van der Waals surface area contributed by atoms with Crippen molar-refractivity contribution >= 4 is 21.5 Å². The number of rotatable bonds is 9. The van der Waals surface area contributed by atoms with E-state index in [-0.39, 0.29) is 18.1 Å². The normalized spacial score (nSPS) is 11.3. The second-order valence-electron chi connectivity index (χ2n) is 4.16. The van der Waals surface area contributed by atoms with Gasteiger partial charge >= 0.3 is 0 Å². The third-order valence-corrected chi connectivity index (χ3v) is 3.72. The van der Waals surface area contributed by atoms with Crippen LogP contribution >= 0.6 is 0 Å². The minimum atomic E-state index is -3.49. The number of methoxy groups -OCH3 is 1. The summed E-state index contributed by atoms with van der Waals surface area (Å²) in [4.78, 5) is 11.2. The summed E-state index contributed by atoms with van der Waals surface area (Å²) in [5.74, 6) is -0.268. The van der Waals surface area contributed by atoms with E-state index in [0.29, 0.717) is 24.5 Å². The van der Waals surface area contributed by atoms with Crippen LogP contribution in [0.25, 0.3) is 0 Å². The zero-order valence-corrected chi connectivity index (χ0v) is 12.4. The highest BCUT2D eigenvalue weighted by atomic mass is 32.2. The Kier molecular flexibility index (Phi) is 6.63. The molecule has 0 aromatic heterocycles. The van der Waals surface area contributed by atoms with E-state index in [4.69, 9.17) is 9.47 Å². The van der Waals surface area contributed by atoms with Crippen LogP contribution in [0.2, 0.25) is 0 Å². The molecule has 0 fully saturated rings. The van der Waals surface area contributed by atoms with Crippen molar-refractivity contribution in [1.82, 2.24) is 0 Å². The monoisotopic (exact) mass is 301 g/mol. The van der Waals surface area contributed by atoms with Gasteiger partial charge in [-0.2, -0.15) is 0 Å². The van der Waals surface area contributed by atoms with E-state index in [1.54, 1.807) is 25.3 Å². The molecule has 20 heavy (non-hydrogen) atoms. The molecule has 0 bridgehead atoms. The van der Waals surface area contributed by atoms with Gasteiger partial charge in [0.25, 0.3) is 0 Å². The van der Waals surface area contributed by atoms with Gasteiger partial charge in [0.05, 0.1) is 25.6 Å².